The van der Waals surface area contributed by atoms with Crippen LogP contribution >= 0.6 is 27.7 Å². The second-order valence-electron chi connectivity index (χ2n) is 4.15. The molecule has 4 heteroatoms. The van der Waals surface area contributed by atoms with Gasteiger partial charge in [0.1, 0.15) is 5.82 Å². The monoisotopic (exact) mass is 303 g/mol. The first kappa shape index (κ1) is 12.4. The first-order chi connectivity index (χ1) is 7.66. The second kappa shape index (κ2) is 5.52. The quantitative estimate of drug-likeness (QED) is 0.848. The first-order valence-corrected chi connectivity index (χ1v) is 7.40. The van der Waals surface area contributed by atoms with Gasteiger partial charge in [0.25, 0.3) is 0 Å². The smallest absolute Gasteiger partial charge is 0.129 e. The van der Waals surface area contributed by atoms with E-state index in [1.165, 1.54) is 6.07 Å². The van der Waals surface area contributed by atoms with Gasteiger partial charge >= 0.3 is 0 Å². The van der Waals surface area contributed by atoms with Crippen LogP contribution in [0.5, 0.6) is 0 Å². The maximum atomic E-state index is 13.8. The summed E-state index contributed by atoms with van der Waals surface area (Å²) in [5, 5.41) is 3.48. The molecule has 2 rings (SSSR count). The zero-order valence-corrected chi connectivity index (χ0v) is 11.6. The largest absolute Gasteiger partial charge is 0.307 e. The summed E-state index contributed by atoms with van der Waals surface area (Å²) in [6, 6.07) is 5.91. The van der Waals surface area contributed by atoms with Crippen molar-refractivity contribution in [1.29, 1.82) is 0 Å². The molecule has 1 aromatic rings. The molecule has 1 fully saturated rings. The summed E-state index contributed by atoms with van der Waals surface area (Å²) >= 11 is 5.18. The van der Waals surface area contributed by atoms with Crippen molar-refractivity contribution in [2.45, 2.75) is 25.4 Å². The van der Waals surface area contributed by atoms with Crippen LogP contribution in [0.25, 0.3) is 0 Å². The predicted molar refractivity (Wildman–Crippen MR) is 71.4 cm³/mol. The van der Waals surface area contributed by atoms with Crippen molar-refractivity contribution in [3.8, 4) is 0 Å². The van der Waals surface area contributed by atoms with Gasteiger partial charge in [-0.25, -0.2) is 4.39 Å². The minimum absolute atomic E-state index is 0.124. The number of rotatable bonds is 1. The molecule has 1 nitrogen and oxygen atoms in total. The summed E-state index contributed by atoms with van der Waals surface area (Å²) in [5.74, 6) is 1.98. The van der Waals surface area contributed by atoms with Crippen LogP contribution in [0.3, 0.4) is 0 Å². The molecule has 0 bridgehead atoms. The van der Waals surface area contributed by atoms with Crippen molar-refractivity contribution >= 4 is 27.7 Å². The molecular formula is C12H15BrFNS. The molecular weight excluding hydrogens is 289 g/mol. The number of nitrogens with one attached hydrogen (secondary N) is 1. The van der Waals surface area contributed by atoms with Crippen LogP contribution < -0.4 is 5.32 Å². The van der Waals surface area contributed by atoms with Crippen molar-refractivity contribution in [3.05, 3.63) is 34.1 Å². The fourth-order valence-electron chi connectivity index (χ4n) is 1.90. The molecule has 1 heterocycles. The van der Waals surface area contributed by atoms with E-state index in [0.717, 1.165) is 28.0 Å². The van der Waals surface area contributed by atoms with Gasteiger partial charge in [-0.2, -0.15) is 11.8 Å². The maximum Gasteiger partial charge on any atom is 0.129 e. The fraction of sp³-hybridized carbons (Fsp3) is 0.500. The van der Waals surface area contributed by atoms with E-state index >= 15 is 0 Å². The third kappa shape index (κ3) is 2.99. The van der Waals surface area contributed by atoms with Gasteiger partial charge < -0.3 is 5.32 Å². The summed E-state index contributed by atoms with van der Waals surface area (Å²) < 4.78 is 14.6. The molecule has 1 N–H and O–H groups in total. The Balaban J connectivity index is 2.21. The number of hydrogen-bond acceptors (Lipinski definition) is 2. The van der Waals surface area contributed by atoms with E-state index in [2.05, 4.69) is 28.2 Å². The lowest BCUT2D eigenvalue weighted by Crippen LogP contribution is -2.30. The van der Waals surface area contributed by atoms with Gasteiger partial charge in [-0.3, -0.25) is 0 Å². The Labute approximate surface area is 108 Å². The Morgan fingerprint density at radius 1 is 1.50 bits per heavy atom. The molecule has 0 aliphatic carbocycles. The number of benzene rings is 1. The SMILES string of the molecule is CC1CCSCC(c2ccc(Br)cc2F)N1. The number of halogens is 2. The summed E-state index contributed by atoms with van der Waals surface area (Å²) in [6.07, 6.45) is 1.15. The van der Waals surface area contributed by atoms with Gasteiger partial charge in [-0.1, -0.05) is 22.0 Å². The molecule has 1 aliphatic rings. The highest BCUT2D eigenvalue weighted by molar-refractivity contribution is 9.10. The molecule has 0 amide bonds. The minimum atomic E-state index is -0.124. The van der Waals surface area contributed by atoms with E-state index in [9.17, 15) is 4.39 Å². The van der Waals surface area contributed by atoms with Gasteiger partial charge in [0.05, 0.1) is 0 Å². The lowest BCUT2D eigenvalue weighted by molar-refractivity contribution is 0.468. The first-order valence-electron chi connectivity index (χ1n) is 5.45. The van der Waals surface area contributed by atoms with Crippen LogP contribution in [-0.2, 0) is 0 Å². The molecule has 2 unspecified atom stereocenters. The van der Waals surface area contributed by atoms with E-state index < -0.39 is 0 Å². The van der Waals surface area contributed by atoms with Crippen LogP contribution in [-0.4, -0.2) is 17.5 Å². The molecule has 0 saturated carbocycles. The Bertz CT molecular complexity index is 372. The second-order valence-corrected chi connectivity index (χ2v) is 6.22. The highest BCUT2D eigenvalue weighted by atomic mass is 79.9. The Hall–Kier alpha value is -0.0600. The lowest BCUT2D eigenvalue weighted by Gasteiger charge is -2.20. The molecule has 2 atom stereocenters. The van der Waals surface area contributed by atoms with Gasteiger partial charge in [-0.15, -0.1) is 0 Å². The molecule has 0 aromatic heterocycles. The maximum absolute atomic E-state index is 13.8. The topological polar surface area (TPSA) is 12.0 Å². The number of hydrogen-bond donors (Lipinski definition) is 1. The van der Waals surface area contributed by atoms with E-state index in [1.54, 1.807) is 0 Å². The van der Waals surface area contributed by atoms with Crippen molar-refractivity contribution in [2.24, 2.45) is 0 Å². The van der Waals surface area contributed by atoms with Crippen molar-refractivity contribution in [3.63, 3.8) is 0 Å². The standard InChI is InChI=1S/C12H15BrFNS/c1-8-4-5-16-7-12(15-8)10-3-2-9(13)6-11(10)14/h2-3,6,8,12,15H,4-5,7H2,1H3. The van der Waals surface area contributed by atoms with Crippen LogP contribution in [0.2, 0.25) is 0 Å². The average Bonchev–Trinajstić information content (AvgIpc) is 2.43. The van der Waals surface area contributed by atoms with Gasteiger partial charge in [-0.05, 0) is 31.2 Å². The molecule has 1 aromatic carbocycles. The Morgan fingerprint density at radius 2 is 2.31 bits per heavy atom. The lowest BCUT2D eigenvalue weighted by atomic mass is 10.1. The van der Waals surface area contributed by atoms with Crippen molar-refractivity contribution in [2.75, 3.05) is 11.5 Å². The third-order valence-electron chi connectivity index (χ3n) is 2.80. The van der Waals surface area contributed by atoms with Crippen molar-refractivity contribution in [1.82, 2.24) is 5.32 Å². The summed E-state index contributed by atoms with van der Waals surface area (Å²) in [4.78, 5) is 0. The fourth-order valence-corrected chi connectivity index (χ4v) is 3.43. The predicted octanol–water partition coefficient (Wildman–Crippen LogP) is 3.74. The average molecular weight is 304 g/mol. The Morgan fingerprint density at radius 3 is 3.06 bits per heavy atom. The van der Waals surface area contributed by atoms with Crippen LogP contribution in [0.15, 0.2) is 22.7 Å². The molecule has 16 heavy (non-hydrogen) atoms. The van der Waals surface area contributed by atoms with Gasteiger partial charge in [0.15, 0.2) is 0 Å². The summed E-state index contributed by atoms with van der Waals surface area (Å²) in [7, 11) is 0. The molecule has 0 radical (unpaired) electrons. The van der Waals surface area contributed by atoms with Crippen molar-refractivity contribution < 1.29 is 4.39 Å². The van der Waals surface area contributed by atoms with Gasteiger partial charge in [0, 0.05) is 27.9 Å². The molecule has 88 valence electrons. The van der Waals surface area contributed by atoms with Crippen LogP contribution in [0.1, 0.15) is 24.9 Å². The normalized spacial score (nSPS) is 26.4. The molecule has 1 aliphatic heterocycles. The minimum Gasteiger partial charge on any atom is -0.307 e. The molecule has 1 saturated heterocycles. The van der Waals surface area contributed by atoms with E-state index in [4.69, 9.17) is 0 Å². The zero-order valence-electron chi connectivity index (χ0n) is 9.17. The molecule has 0 spiro atoms. The summed E-state index contributed by atoms with van der Waals surface area (Å²) in [6.45, 7) is 2.16. The highest BCUT2D eigenvalue weighted by Crippen LogP contribution is 2.27. The highest BCUT2D eigenvalue weighted by Gasteiger charge is 2.20. The van der Waals surface area contributed by atoms with Gasteiger partial charge in [0.2, 0.25) is 0 Å². The van der Waals surface area contributed by atoms with E-state index in [0.29, 0.717) is 6.04 Å². The van der Waals surface area contributed by atoms with Crippen LogP contribution in [0.4, 0.5) is 4.39 Å². The third-order valence-corrected chi connectivity index (χ3v) is 4.39. The van der Waals surface area contributed by atoms with E-state index in [-0.39, 0.29) is 11.9 Å². The summed E-state index contributed by atoms with van der Waals surface area (Å²) in [5.41, 5.74) is 0.782. The number of thioether (sulfide) groups is 1. The zero-order chi connectivity index (χ0) is 11.5. The Kier molecular flexibility index (Phi) is 4.27. The van der Waals surface area contributed by atoms with Crippen LogP contribution in [0, 0.1) is 5.82 Å². The van der Waals surface area contributed by atoms with E-state index in [1.807, 2.05) is 23.9 Å².